The Kier molecular flexibility index (Phi) is 2.94. The third-order valence-corrected chi connectivity index (χ3v) is 2.79. The third kappa shape index (κ3) is 2.82. The Morgan fingerprint density at radius 3 is 2.45 bits per heavy atom. The van der Waals surface area contributed by atoms with E-state index in [1.807, 2.05) is 6.92 Å². The zero-order chi connectivity index (χ0) is 8.32. The molecule has 66 valence electrons. The van der Waals surface area contributed by atoms with E-state index in [9.17, 15) is 5.11 Å². The molecular weight excluding hydrogens is 136 g/mol. The van der Waals surface area contributed by atoms with Crippen molar-refractivity contribution in [2.75, 3.05) is 0 Å². The van der Waals surface area contributed by atoms with Crippen LogP contribution in [0.4, 0.5) is 0 Å². The van der Waals surface area contributed by atoms with Gasteiger partial charge < -0.3 is 5.11 Å². The van der Waals surface area contributed by atoms with Crippen LogP contribution in [0.25, 0.3) is 0 Å². The van der Waals surface area contributed by atoms with E-state index < -0.39 is 0 Å². The number of hydrogen-bond donors (Lipinski definition) is 1. The average molecular weight is 156 g/mol. The van der Waals surface area contributed by atoms with Gasteiger partial charge in [-0.15, -0.1) is 0 Å². The lowest BCUT2D eigenvalue weighted by atomic mass is 10.1. The van der Waals surface area contributed by atoms with Crippen molar-refractivity contribution < 1.29 is 5.11 Å². The first-order chi connectivity index (χ1) is 5.17. The predicted molar refractivity (Wildman–Crippen MR) is 47.5 cm³/mol. The summed E-state index contributed by atoms with van der Waals surface area (Å²) in [5.41, 5.74) is -0.286. The lowest BCUT2D eigenvalue weighted by Gasteiger charge is -2.01. The number of unbranched alkanes of at least 4 members (excludes halogenated alkanes) is 3. The molecule has 1 aliphatic carbocycles. The number of aliphatic hydroxyl groups is 1. The van der Waals surface area contributed by atoms with E-state index in [1.165, 1.54) is 32.1 Å². The Labute approximate surface area is 69.8 Å². The van der Waals surface area contributed by atoms with Gasteiger partial charge in [-0.05, 0) is 25.7 Å². The number of hydrogen-bond acceptors (Lipinski definition) is 1. The largest absolute Gasteiger partial charge is 0.390 e. The molecule has 11 heavy (non-hydrogen) atoms. The number of rotatable bonds is 5. The minimum atomic E-state index is -0.286. The van der Waals surface area contributed by atoms with Crippen molar-refractivity contribution in [1.29, 1.82) is 0 Å². The van der Waals surface area contributed by atoms with E-state index >= 15 is 0 Å². The van der Waals surface area contributed by atoms with Crippen molar-refractivity contribution in [1.82, 2.24) is 0 Å². The molecular formula is C10H20O. The van der Waals surface area contributed by atoms with E-state index in [1.54, 1.807) is 0 Å². The topological polar surface area (TPSA) is 20.2 Å². The van der Waals surface area contributed by atoms with Crippen molar-refractivity contribution in [2.24, 2.45) is 5.92 Å². The van der Waals surface area contributed by atoms with Crippen molar-refractivity contribution in [3.05, 3.63) is 0 Å². The van der Waals surface area contributed by atoms with E-state index in [4.69, 9.17) is 0 Å². The third-order valence-electron chi connectivity index (χ3n) is 2.79. The second kappa shape index (κ2) is 3.57. The van der Waals surface area contributed by atoms with E-state index in [0.717, 1.165) is 6.42 Å². The SMILES string of the molecule is CCCCCC[C@H]1C[C@]1(C)O. The van der Waals surface area contributed by atoms with Crippen LogP contribution in [-0.2, 0) is 0 Å². The molecule has 0 radical (unpaired) electrons. The van der Waals surface area contributed by atoms with E-state index in [2.05, 4.69) is 6.92 Å². The molecule has 0 aliphatic heterocycles. The second-order valence-corrected chi connectivity index (χ2v) is 4.11. The Morgan fingerprint density at radius 2 is 2.00 bits per heavy atom. The van der Waals surface area contributed by atoms with Crippen LogP contribution in [0.15, 0.2) is 0 Å². The Balaban J connectivity index is 1.90. The highest BCUT2D eigenvalue weighted by molar-refractivity contribution is 4.98. The zero-order valence-corrected chi connectivity index (χ0v) is 7.77. The summed E-state index contributed by atoms with van der Waals surface area (Å²) < 4.78 is 0. The van der Waals surface area contributed by atoms with Gasteiger partial charge in [-0.25, -0.2) is 0 Å². The minimum Gasteiger partial charge on any atom is -0.390 e. The molecule has 1 aliphatic rings. The van der Waals surface area contributed by atoms with Crippen LogP contribution >= 0.6 is 0 Å². The van der Waals surface area contributed by atoms with Crippen molar-refractivity contribution >= 4 is 0 Å². The molecule has 1 saturated carbocycles. The van der Waals surface area contributed by atoms with Gasteiger partial charge in [-0.2, -0.15) is 0 Å². The van der Waals surface area contributed by atoms with Crippen molar-refractivity contribution in [2.45, 2.75) is 58.0 Å². The fraction of sp³-hybridized carbons (Fsp3) is 1.00. The molecule has 0 amide bonds. The summed E-state index contributed by atoms with van der Waals surface area (Å²) in [4.78, 5) is 0. The molecule has 1 rings (SSSR count). The van der Waals surface area contributed by atoms with E-state index in [-0.39, 0.29) is 5.60 Å². The molecule has 1 nitrogen and oxygen atoms in total. The summed E-state index contributed by atoms with van der Waals surface area (Å²) in [6.45, 7) is 4.19. The molecule has 2 atom stereocenters. The Hall–Kier alpha value is -0.0400. The molecule has 0 saturated heterocycles. The standard InChI is InChI=1S/C10H20O/c1-3-4-5-6-7-9-8-10(9,2)11/h9,11H,3-8H2,1-2H3/t9-,10-/m0/s1. The van der Waals surface area contributed by atoms with Crippen LogP contribution < -0.4 is 0 Å². The van der Waals surface area contributed by atoms with Crippen LogP contribution in [0.3, 0.4) is 0 Å². The summed E-state index contributed by atoms with van der Waals surface area (Å²) in [5, 5.41) is 9.45. The lowest BCUT2D eigenvalue weighted by molar-refractivity contribution is 0.149. The molecule has 0 unspecified atom stereocenters. The monoisotopic (exact) mass is 156 g/mol. The minimum absolute atomic E-state index is 0.286. The predicted octanol–water partition coefficient (Wildman–Crippen LogP) is 2.73. The molecule has 0 spiro atoms. The average Bonchev–Trinajstić information content (AvgIpc) is 2.52. The highest BCUT2D eigenvalue weighted by atomic mass is 16.3. The maximum atomic E-state index is 9.45. The first kappa shape index (κ1) is 9.05. The Morgan fingerprint density at radius 1 is 1.36 bits per heavy atom. The fourth-order valence-corrected chi connectivity index (χ4v) is 1.67. The summed E-state index contributed by atoms with van der Waals surface area (Å²) in [6.07, 6.45) is 7.61. The molecule has 0 bridgehead atoms. The normalized spacial score (nSPS) is 35.7. The van der Waals surface area contributed by atoms with Gasteiger partial charge >= 0.3 is 0 Å². The fourth-order valence-electron chi connectivity index (χ4n) is 1.67. The lowest BCUT2D eigenvalue weighted by Crippen LogP contribution is -2.02. The van der Waals surface area contributed by atoms with Crippen LogP contribution in [0.5, 0.6) is 0 Å². The van der Waals surface area contributed by atoms with Crippen LogP contribution in [0, 0.1) is 5.92 Å². The summed E-state index contributed by atoms with van der Waals surface area (Å²) in [7, 11) is 0. The van der Waals surface area contributed by atoms with Crippen LogP contribution in [0.2, 0.25) is 0 Å². The molecule has 0 heterocycles. The van der Waals surface area contributed by atoms with Crippen molar-refractivity contribution in [3.63, 3.8) is 0 Å². The van der Waals surface area contributed by atoms with Crippen LogP contribution in [-0.4, -0.2) is 10.7 Å². The summed E-state index contributed by atoms with van der Waals surface area (Å²) in [5.74, 6) is 0.624. The molecule has 0 aromatic heterocycles. The Bertz CT molecular complexity index is 118. The zero-order valence-electron chi connectivity index (χ0n) is 7.77. The second-order valence-electron chi connectivity index (χ2n) is 4.11. The summed E-state index contributed by atoms with van der Waals surface area (Å²) >= 11 is 0. The smallest absolute Gasteiger partial charge is 0.0652 e. The quantitative estimate of drug-likeness (QED) is 0.607. The van der Waals surface area contributed by atoms with Gasteiger partial charge in [0.25, 0.3) is 0 Å². The first-order valence-corrected chi connectivity index (χ1v) is 4.89. The van der Waals surface area contributed by atoms with E-state index in [0.29, 0.717) is 5.92 Å². The molecule has 1 fully saturated rings. The molecule has 1 N–H and O–H groups in total. The maximum Gasteiger partial charge on any atom is 0.0652 e. The van der Waals surface area contributed by atoms with Gasteiger partial charge in [-0.1, -0.05) is 32.6 Å². The summed E-state index contributed by atoms with van der Waals surface area (Å²) in [6, 6.07) is 0. The molecule has 0 aromatic rings. The van der Waals surface area contributed by atoms with Crippen molar-refractivity contribution in [3.8, 4) is 0 Å². The van der Waals surface area contributed by atoms with Gasteiger partial charge in [0.2, 0.25) is 0 Å². The van der Waals surface area contributed by atoms with Crippen LogP contribution in [0.1, 0.15) is 52.4 Å². The first-order valence-electron chi connectivity index (χ1n) is 4.89. The van der Waals surface area contributed by atoms with Gasteiger partial charge in [0.1, 0.15) is 0 Å². The molecule has 1 heteroatoms. The maximum absolute atomic E-state index is 9.45. The van der Waals surface area contributed by atoms with Gasteiger partial charge in [0.05, 0.1) is 5.60 Å². The highest BCUT2D eigenvalue weighted by Crippen LogP contribution is 2.46. The van der Waals surface area contributed by atoms with Gasteiger partial charge in [-0.3, -0.25) is 0 Å². The molecule has 0 aromatic carbocycles. The highest BCUT2D eigenvalue weighted by Gasteiger charge is 2.47. The van der Waals surface area contributed by atoms with Gasteiger partial charge in [0, 0.05) is 0 Å². The van der Waals surface area contributed by atoms with Gasteiger partial charge in [0.15, 0.2) is 0 Å².